The molecule has 0 spiro atoms. The lowest BCUT2D eigenvalue weighted by atomic mass is 10.4. The van der Waals surface area contributed by atoms with Gasteiger partial charge in [-0.05, 0) is 6.42 Å². The molecule has 0 aromatic carbocycles. The van der Waals surface area contributed by atoms with Gasteiger partial charge in [0.2, 0.25) is 10.0 Å². The summed E-state index contributed by atoms with van der Waals surface area (Å²) < 4.78 is 29.3. The van der Waals surface area contributed by atoms with Gasteiger partial charge in [0.25, 0.3) is 0 Å². The lowest BCUT2D eigenvalue weighted by molar-refractivity contribution is 0.0553. The van der Waals surface area contributed by atoms with Crippen molar-refractivity contribution in [3.8, 4) is 6.07 Å². The molecule has 0 aliphatic carbocycles. The van der Waals surface area contributed by atoms with E-state index >= 15 is 0 Å². The zero-order valence-electron chi connectivity index (χ0n) is 9.75. The van der Waals surface area contributed by atoms with Crippen LogP contribution in [0.25, 0.3) is 0 Å². The first kappa shape index (κ1) is 15.3. The van der Waals surface area contributed by atoms with Gasteiger partial charge in [0.1, 0.15) is 0 Å². The SMILES string of the molecule is CCC(C#N)S(=O)(=O)N(C)CC(O)COC. The molecule has 0 bridgehead atoms. The maximum absolute atomic E-state index is 11.8. The van der Waals surface area contributed by atoms with E-state index in [2.05, 4.69) is 0 Å². The number of likely N-dealkylation sites (N-methyl/N-ethyl adjacent to an activating group) is 1. The first-order valence-electron chi connectivity index (χ1n) is 4.91. The van der Waals surface area contributed by atoms with Crippen LogP contribution in [0.1, 0.15) is 13.3 Å². The van der Waals surface area contributed by atoms with E-state index in [9.17, 15) is 13.5 Å². The monoisotopic (exact) mass is 250 g/mol. The zero-order chi connectivity index (χ0) is 12.8. The molecule has 2 atom stereocenters. The minimum Gasteiger partial charge on any atom is -0.389 e. The number of rotatable bonds is 7. The van der Waals surface area contributed by atoms with Crippen LogP contribution in [0.2, 0.25) is 0 Å². The van der Waals surface area contributed by atoms with Crippen molar-refractivity contribution in [3.63, 3.8) is 0 Å². The summed E-state index contributed by atoms with van der Waals surface area (Å²) in [6.45, 7) is 1.61. The van der Waals surface area contributed by atoms with Crippen LogP contribution in [0.3, 0.4) is 0 Å². The van der Waals surface area contributed by atoms with Crippen LogP contribution >= 0.6 is 0 Å². The van der Waals surface area contributed by atoms with Crippen LogP contribution in [0.4, 0.5) is 0 Å². The zero-order valence-corrected chi connectivity index (χ0v) is 10.6. The number of methoxy groups -OCH3 is 1. The number of aliphatic hydroxyl groups is 1. The van der Waals surface area contributed by atoms with Crippen LogP contribution < -0.4 is 0 Å². The maximum atomic E-state index is 11.8. The molecule has 0 rings (SSSR count). The standard InChI is InChI=1S/C9H18N2O4S/c1-4-9(5-10)16(13,14)11(2)6-8(12)7-15-3/h8-9,12H,4,6-7H2,1-3H3. The Kier molecular flexibility index (Phi) is 6.52. The van der Waals surface area contributed by atoms with Gasteiger partial charge < -0.3 is 9.84 Å². The molecule has 2 unspecified atom stereocenters. The molecule has 16 heavy (non-hydrogen) atoms. The minimum absolute atomic E-state index is 0.0587. The van der Waals surface area contributed by atoms with Crippen molar-refractivity contribution < 1.29 is 18.3 Å². The smallest absolute Gasteiger partial charge is 0.230 e. The molecule has 0 aliphatic rings. The Labute approximate surface area is 96.5 Å². The number of nitriles is 1. The van der Waals surface area contributed by atoms with Crippen molar-refractivity contribution in [1.82, 2.24) is 4.31 Å². The third kappa shape index (κ3) is 4.06. The molecule has 0 aliphatic heterocycles. The lowest BCUT2D eigenvalue weighted by Crippen LogP contribution is -2.40. The number of nitrogens with zero attached hydrogens (tertiary/aromatic N) is 2. The summed E-state index contributed by atoms with van der Waals surface area (Å²) in [6, 6.07) is 1.74. The van der Waals surface area contributed by atoms with E-state index in [1.807, 2.05) is 0 Å². The molecular formula is C9H18N2O4S. The Bertz CT molecular complexity index is 336. The predicted molar refractivity (Wildman–Crippen MR) is 59.1 cm³/mol. The van der Waals surface area contributed by atoms with Gasteiger partial charge in [0, 0.05) is 20.7 Å². The van der Waals surface area contributed by atoms with Gasteiger partial charge in [-0.15, -0.1) is 0 Å². The number of ether oxygens (including phenoxy) is 1. The molecule has 94 valence electrons. The summed E-state index contributed by atoms with van der Waals surface area (Å²) in [7, 11) is -0.898. The van der Waals surface area contributed by atoms with Gasteiger partial charge in [-0.3, -0.25) is 0 Å². The van der Waals surface area contributed by atoms with Crippen molar-refractivity contribution in [2.45, 2.75) is 24.7 Å². The van der Waals surface area contributed by atoms with Gasteiger partial charge in [0.05, 0.1) is 18.8 Å². The highest BCUT2D eigenvalue weighted by atomic mass is 32.2. The molecule has 0 saturated heterocycles. The van der Waals surface area contributed by atoms with Crippen LogP contribution in [-0.2, 0) is 14.8 Å². The second-order valence-corrected chi connectivity index (χ2v) is 5.68. The molecule has 6 nitrogen and oxygen atoms in total. The fraction of sp³-hybridized carbons (Fsp3) is 0.889. The molecule has 0 heterocycles. The average molecular weight is 250 g/mol. The van der Waals surface area contributed by atoms with Crippen molar-refractivity contribution in [2.75, 3.05) is 27.3 Å². The quantitative estimate of drug-likeness (QED) is 0.661. The first-order chi connectivity index (χ1) is 7.39. The van der Waals surface area contributed by atoms with Crippen LogP contribution in [0.15, 0.2) is 0 Å². The van der Waals surface area contributed by atoms with E-state index in [0.717, 1.165) is 4.31 Å². The fourth-order valence-corrected chi connectivity index (χ4v) is 2.60. The molecule has 1 N–H and O–H groups in total. The molecule has 0 amide bonds. The van der Waals surface area contributed by atoms with Crippen molar-refractivity contribution in [2.24, 2.45) is 0 Å². The topological polar surface area (TPSA) is 90.6 Å². The Hall–Kier alpha value is -0.680. The van der Waals surface area contributed by atoms with E-state index in [4.69, 9.17) is 10.00 Å². The second-order valence-electron chi connectivity index (χ2n) is 3.46. The predicted octanol–water partition coefficient (Wildman–Crippen LogP) is -0.443. The Morgan fingerprint density at radius 2 is 2.12 bits per heavy atom. The summed E-state index contributed by atoms with van der Waals surface area (Å²) in [5.74, 6) is 0. The highest BCUT2D eigenvalue weighted by Gasteiger charge is 2.29. The van der Waals surface area contributed by atoms with Crippen LogP contribution in [0, 0.1) is 11.3 Å². The van der Waals surface area contributed by atoms with Crippen molar-refractivity contribution in [1.29, 1.82) is 5.26 Å². The minimum atomic E-state index is -3.66. The molecule has 7 heteroatoms. The molecular weight excluding hydrogens is 232 g/mol. The Morgan fingerprint density at radius 1 is 1.56 bits per heavy atom. The van der Waals surface area contributed by atoms with Gasteiger partial charge in [-0.2, -0.15) is 5.26 Å². The molecule has 0 saturated carbocycles. The lowest BCUT2D eigenvalue weighted by Gasteiger charge is -2.22. The largest absolute Gasteiger partial charge is 0.389 e. The first-order valence-corrected chi connectivity index (χ1v) is 6.42. The van der Waals surface area contributed by atoms with Crippen molar-refractivity contribution in [3.05, 3.63) is 0 Å². The van der Waals surface area contributed by atoms with Gasteiger partial charge in [0.15, 0.2) is 5.25 Å². The molecule has 0 aromatic heterocycles. The van der Waals surface area contributed by atoms with E-state index < -0.39 is 21.4 Å². The normalized spacial score (nSPS) is 15.8. The van der Waals surface area contributed by atoms with Gasteiger partial charge in [-0.25, -0.2) is 12.7 Å². The van der Waals surface area contributed by atoms with E-state index in [-0.39, 0.29) is 19.6 Å². The van der Waals surface area contributed by atoms with Gasteiger partial charge in [-0.1, -0.05) is 6.92 Å². The summed E-state index contributed by atoms with van der Waals surface area (Å²) in [6.07, 6.45) is -0.662. The summed E-state index contributed by atoms with van der Waals surface area (Å²) in [5.41, 5.74) is 0. The fourth-order valence-electron chi connectivity index (χ4n) is 1.23. The molecule has 0 aromatic rings. The number of aliphatic hydroxyl groups excluding tert-OH is 1. The number of sulfonamides is 1. The summed E-state index contributed by atoms with van der Waals surface area (Å²) in [5, 5.41) is 17.0. The maximum Gasteiger partial charge on any atom is 0.230 e. The molecule has 0 fully saturated rings. The highest BCUT2D eigenvalue weighted by Crippen LogP contribution is 2.10. The van der Waals surface area contributed by atoms with E-state index in [1.165, 1.54) is 14.2 Å². The van der Waals surface area contributed by atoms with Gasteiger partial charge >= 0.3 is 0 Å². The third-order valence-corrected chi connectivity index (χ3v) is 4.31. The van der Waals surface area contributed by atoms with E-state index in [0.29, 0.717) is 0 Å². The summed E-state index contributed by atoms with van der Waals surface area (Å²) >= 11 is 0. The third-order valence-electron chi connectivity index (χ3n) is 2.14. The Morgan fingerprint density at radius 3 is 2.50 bits per heavy atom. The van der Waals surface area contributed by atoms with Crippen LogP contribution in [0.5, 0.6) is 0 Å². The Balaban J connectivity index is 4.59. The van der Waals surface area contributed by atoms with Crippen LogP contribution in [-0.4, -0.2) is 56.5 Å². The van der Waals surface area contributed by atoms with Crippen molar-refractivity contribution >= 4 is 10.0 Å². The summed E-state index contributed by atoms with van der Waals surface area (Å²) in [4.78, 5) is 0. The van der Waals surface area contributed by atoms with E-state index in [1.54, 1.807) is 13.0 Å². The molecule has 0 radical (unpaired) electrons. The second kappa shape index (κ2) is 6.81. The number of hydrogen-bond acceptors (Lipinski definition) is 5. The number of hydrogen-bond donors (Lipinski definition) is 1. The average Bonchev–Trinajstić information content (AvgIpc) is 2.19. The highest BCUT2D eigenvalue weighted by molar-refractivity contribution is 7.89.